The Bertz CT molecular complexity index is 595. The molecule has 182 valence electrons. The topological polar surface area (TPSA) is 64.7 Å². The van der Waals surface area contributed by atoms with Gasteiger partial charge < -0.3 is 20.4 Å². The fraction of sp³-hybridized carbons (Fsp3) is 0.692. The summed E-state index contributed by atoms with van der Waals surface area (Å²) in [7, 11) is 4.17. The number of carbonyl (C=O) groups excluding carboxylic acids is 2. The lowest BCUT2D eigenvalue weighted by Gasteiger charge is -2.18. The molecule has 0 saturated heterocycles. The van der Waals surface area contributed by atoms with Crippen molar-refractivity contribution in [2.75, 3.05) is 53.4 Å². The molecule has 2 N–H and O–H groups in total. The number of nitrogens with one attached hydrogen (secondary N) is 2. The van der Waals surface area contributed by atoms with Gasteiger partial charge in [0.25, 0.3) is 11.8 Å². The predicted octanol–water partition coefficient (Wildman–Crippen LogP) is 4.17. The fourth-order valence-corrected chi connectivity index (χ4v) is 3.63. The maximum absolute atomic E-state index is 12.7. The van der Waals surface area contributed by atoms with Crippen molar-refractivity contribution in [3.63, 3.8) is 0 Å². The lowest BCUT2D eigenvalue weighted by atomic mass is 10.1. The first kappa shape index (κ1) is 28.1. The normalized spacial score (nSPS) is 11.2. The van der Waals surface area contributed by atoms with Crippen LogP contribution in [0.25, 0.3) is 0 Å². The summed E-state index contributed by atoms with van der Waals surface area (Å²) < 4.78 is 0. The molecule has 6 nitrogen and oxygen atoms in total. The molecule has 0 aliphatic carbocycles. The second kappa shape index (κ2) is 17.6. The Morgan fingerprint density at radius 3 is 1.44 bits per heavy atom. The van der Waals surface area contributed by atoms with Gasteiger partial charge in [-0.1, -0.05) is 64.5 Å². The quantitative estimate of drug-likeness (QED) is 0.332. The number of unbranched alkanes of at least 4 members (excludes halogenated alkanes) is 6. The van der Waals surface area contributed by atoms with Crippen molar-refractivity contribution in [3.05, 3.63) is 35.4 Å². The van der Waals surface area contributed by atoms with Gasteiger partial charge in [0.05, 0.1) is 11.1 Å². The second-order valence-corrected chi connectivity index (χ2v) is 8.79. The molecule has 0 atom stereocenters. The maximum atomic E-state index is 12.7. The maximum Gasteiger partial charge on any atom is 0.252 e. The van der Waals surface area contributed by atoms with Crippen molar-refractivity contribution in [2.24, 2.45) is 0 Å². The molecule has 0 unspecified atom stereocenters. The minimum Gasteiger partial charge on any atom is -0.351 e. The summed E-state index contributed by atoms with van der Waals surface area (Å²) in [5.74, 6) is -0.383. The zero-order valence-corrected chi connectivity index (χ0v) is 20.9. The minimum absolute atomic E-state index is 0.192. The molecule has 2 amide bonds. The number of carbonyl (C=O) groups is 2. The molecule has 1 rings (SSSR count). The van der Waals surface area contributed by atoms with Crippen LogP contribution in [-0.4, -0.2) is 75.0 Å². The molecule has 0 saturated carbocycles. The molecular weight excluding hydrogens is 400 g/mol. The summed E-state index contributed by atoms with van der Waals surface area (Å²) in [5, 5.41) is 5.93. The Morgan fingerprint density at radius 1 is 0.656 bits per heavy atom. The summed E-state index contributed by atoms with van der Waals surface area (Å²) in [6.45, 7) is 9.26. The molecule has 0 aliphatic heterocycles. The molecule has 0 fully saturated rings. The Labute approximate surface area is 196 Å². The Kier molecular flexibility index (Phi) is 15.5. The van der Waals surface area contributed by atoms with Crippen LogP contribution in [-0.2, 0) is 0 Å². The van der Waals surface area contributed by atoms with Crippen LogP contribution in [0, 0.1) is 0 Å². The standard InChI is InChI=1S/C26H46N4O2/c1-5-7-9-13-19-29(3)21-17-27-25(31)23-15-11-12-16-24(23)26(32)28-18-22-30(4)20-14-10-8-6-2/h11-12,15-16H,5-10,13-14,17-22H2,1-4H3,(H,27,31)(H,28,32). The van der Waals surface area contributed by atoms with Crippen LogP contribution in [0.1, 0.15) is 85.9 Å². The van der Waals surface area contributed by atoms with E-state index < -0.39 is 0 Å². The second-order valence-electron chi connectivity index (χ2n) is 8.79. The van der Waals surface area contributed by atoms with Gasteiger partial charge in [-0.15, -0.1) is 0 Å². The van der Waals surface area contributed by atoms with E-state index in [0.717, 1.165) is 26.2 Å². The van der Waals surface area contributed by atoms with Gasteiger partial charge in [0, 0.05) is 26.2 Å². The first-order chi connectivity index (χ1) is 15.5. The number of nitrogens with zero attached hydrogens (tertiary/aromatic N) is 2. The Morgan fingerprint density at radius 2 is 1.06 bits per heavy atom. The number of likely N-dealkylation sites (N-methyl/N-ethyl adjacent to an activating group) is 2. The van der Waals surface area contributed by atoms with Gasteiger partial charge in [-0.3, -0.25) is 9.59 Å². The highest BCUT2D eigenvalue weighted by molar-refractivity contribution is 6.07. The minimum atomic E-state index is -0.192. The predicted molar refractivity (Wildman–Crippen MR) is 134 cm³/mol. The third-order valence-electron chi connectivity index (χ3n) is 5.76. The van der Waals surface area contributed by atoms with E-state index in [9.17, 15) is 9.59 Å². The molecule has 6 heteroatoms. The average Bonchev–Trinajstić information content (AvgIpc) is 2.79. The van der Waals surface area contributed by atoms with Gasteiger partial charge in [-0.2, -0.15) is 0 Å². The summed E-state index contributed by atoms with van der Waals surface area (Å²) >= 11 is 0. The summed E-state index contributed by atoms with van der Waals surface area (Å²) in [4.78, 5) is 29.9. The van der Waals surface area contributed by atoms with Crippen LogP contribution in [0.15, 0.2) is 24.3 Å². The van der Waals surface area contributed by atoms with Gasteiger partial charge in [-0.25, -0.2) is 0 Å². The van der Waals surface area contributed by atoms with E-state index in [2.05, 4.69) is 48.4 Å². The Balaban J connectivity index is 2.41. The summed E-state index contributed by atoms with van der Waals surface area (Å²) in [6, 6.07) is 7.04. The first-order valence-corrected chi connectivity index (χ1v) is 12.5. The van der Waals surface area contributed by atoms with E-state index in [1.165, 1.54) is 51.4 Å². The van der Waals surface area contributed by atoms with Crippen LogP contribution in [0.5, 0.6) is 0 Å². The van der Waals surface area contributed by atoms with E-state index in [4.69, 9.17) is 0 Å². The fourth-order valence-electron chi connectivity index (χ4n) is 3.63. The highest BCUT2D eigenvalue weighted by Gasteiger charge is 2.16. The van der Waals surface area contributed by atoms with E-state index >= 15 is 0 Å². The zero-order valence-electron chi connectivity index (χ0n) is 20.9. The number of amides is 2. The van der Waals surface area contributed by atoms with Crippen LogP contribution in [0.2, 0.25) is 0 Å². The number of hydrogen-bond acceptors (Lipinski definition) is 4. The molecule has 1 aromatic rings. The highest BCUT2D eigenvalue weighted by atomic mass is 16.2. The molecular formula is C26H46N4O2. The molecule has 0 radical (unpaired) electrons. The average molecular weight is 447 g/mol. The Hall–Kier alpha value is -1.92. The van der Waals surface area contributed by atoms with Gasteiger partial charge in [0.2, 0.25) is 0 Å². The smallest absolute Gasteiger partial charge is 0.252 e. The lowest BCUT2D eigenvalue weighted by Crippen LogP contribution is -2.36. The van der Waals surface area contributed by atoms with E-state index in [-0.39, 0.29) is 11.8 Å². The number of hydrogen-bond donors (Lipinski definition) is 2. The summed E-state index contributed by atoms with van der Waals surface area (Å²) in [5.41, 5.74) is 0.868. The van der Waals surface area contributed by atoms with Gasteiger partial charge in [-0.05, 0) is 52.2 Å². The third-order valence-corrected chi connectivity index (χ3v) is 5.76. The molecule has 0 heterocycles. The number of rotatable bonds is 18. The SMILES string of the molecule is CCCCCCN(C)CCNC(=O)c1ccccc1C(=O)NCCN(C)CCCCCC. The lowest BCUT2D eigenvalue weighted by molar-refractivity contribution is 0.0915. The van der Waals surface area contributed by atoms with Crippen molar-refractivity contribution in [1.82, 2.24) is 20.4 Å². The molecule has 1 aromatic carbocycles. The van der Waals surface area contributed by atoms with Crippen molar-refractivity contribution in [3.8, 4) is 0 Å². The van der Waals surface area contributed by atoms with Crippen LogP contribution < -0.4 is 10.6 Å². The monoisotopic (exact) mass is 446 g/mol. The zero-order chi connectivity index (χ0) is 23.6. The molecule has 0 aromatic heterocycles. The van der Waals surface area contributed by atoms with Gasteiger partial charge in [0.1, 0.15) is 0 Å². The van der Waals surface area contributed by atoms with E-state index in [1.54, 1.807) is 24.3 Å². The highest BCUT2D eigenvalue weighted by Crippen LogP contribution is 2.09. The van der Waals surface area contributed by atoms with Crippen molar-refractivity contribution >= 4 is 11.8 Å². The number of benzene rings is 1. The van der Waals surface area contributed by atoms with E-state index in [1.807, 2.05) is 0 Å². The van der Waals surface area contributed by atoms with Gasteiger partial charge in [0.15, 0.2) is 0 Å². The van der Waals surface area contributed by atoms with E-state index in [0.29, 0.717) is 24.2 Å². The van der Waals surface area contributed by atoms with Gasteiger partial charge >= 0.3 is 0 Å². The van der Waals surface area contributed by atoms with Crippen LogP contribution in [0.4, 0.5) is 0 Å². The molecule has 32 heavy (non-hydrogen) atoms. The summed E-state index contributed by atoms with van der Waals surface area (Å²) in [6.07, 6.45) is 9.92. The molecule has 0 bridgehead atoms. The first-order valence-electron chi connectivity index (χ1n) is 12.5. The largest absolute Gasteiger partial charge is 0.351 e. The molecule has 0 aliphatic rings. The third kappa shape index (κ3) is 12.2. The van der Waals surface area contributed by atoms with Crippen molar-refractivity contribution in [2.45, 2.75) is 65.2 Å². The molecule has 0 spiro atoms. The van der Waals surface area contributed by atoms with Crippen LogP contribution >= 0.6 is 0 Å². The van der Waals surface area contributed by atoms with Crippen LogP contribution in [0.3, 0.4) is 0 Å². The van der Waals surface area contributed by atoms with Crippen molar-refractivity contribution in [1.29, 1.82) is 0 Å². The van der Waals surface area contributed by atoms with Crippen molar-refractivity contribution < 1.29 is 9.59 Å².